The van der Waals surface area contributed by atoms with Gasteiger partial charge in [-0.25, -0.2) is 4.98 Å². The first-order chi connectivity index (χ1) is 9.52. The van der Waals surface area contributed by atoms with Gasteiger partial charge in [0.25, 0.3) is 0 Å². The zero-order valence-electron chi connectivity index (χ0n) is 12.3. The fraction of sp³-hybridized carbons (Fsp3) is 0.643. The first-order valence-electron chi connectivity index (χ1n) is 7.11. The van der Waals surface area contributed by atoms with E-state index in [0.29, 0.717) is 21.9 Å². The van der Waals surface area contributed by atoms with Crippen LogP contribution in [0.3, 0.4) is 0 Å². The van der Waals surface area contributed by atoms with E-state index in [1.807, 2.05) is 6.92 Å². The van der Waals surface area contributed by atoms with Crippen LogP contribution >= 0.6 is 23.2 Å². The molecule has 0 atom stereocenters. The van der Waals surface area contributed by atoms with E-state index in [-0.39, 0.29) is 0 Å². The van der Waals surface area contributed by atoms with Crippen molar-refractivity contribution in [2.24, 2.45) is 0 Å². The van der Waals surface area contributed by atoms with Gasteiger partial charge >= 0.3 is 0 Å². The van der Waals surface area contributed by atoms with Crippen LogP contribution in [0, 0.1) is 0 Å². The van der Waals surface area contributed by atoms with Crippen LogP contribution in [0.2, 0.25) is 10.0 Å². The van der Waals surface area contributed by atoms with Crippen LogP contribution < -0.4 is 10.2 Å². The summed E-state index contributed by atoms with van der Waals surface area (Å²) in [6, 6.07) is 2.36. The third-order valence-electron chi connectivity index (χ3n) is 3.60. The molecule has 1 N–H and O–H groups in total. The van der Waals surface area contributed by atoms with Gasteiger partial charge in [-0.3, -0.25) is 4.90 Å². The van der Waals surface area contributed by atoms with Crippen molar-refractivity contribution in [2.45, 2.75) is 26.8 Å². The minimum atomic E-state index is 0.571. The Labute approximate surface area is 131 Å². The number of nitrogens with zero attached hydrogens (tertiary/aromatic N) is 3. The van der Waals surface area contributed by atoms with Crippen LogP contribution in [0.15, 0.2) is 6.07 Å². The zero-order valence-corrected chi connectivity index (χ0v) is 13.8. The Morgan fingerprint density at radius 1 is 1.20 bits per heavy atom. The summed E-state index contributed by atoms with van der Waals surface area (Å²) >= 11 is 12.5. The standard InChI is InChI=1S/C14H22Cl2N4/c1-4-17-13-11(15)9-12(16)14(18-13)20-7-5-19(6-8-20)10(2)3/h9-10H,4-8H2,1-3H3,(H,17,18). The molecule has 0 amide bonds. The van der Waals surface area contributed by atoms with Gasteiger partial charge < -0.3 is 10.2 Å². The molecular formula is C14H22Cl2N4. The molecule has 1 aliphatic rings. The van der Waals surface area contributed by atoms with Gasteiger partial charge in [0, 0.05) is 38.8 Å². The molecule has 1 aromatic heterocycles. The van der Waals surface area contributed by atoms with Crippen LogP contribution in [0.5, 0.6) is 0 Å². The van der Waals surface area contributed by atoms with E-state index in [1.54, 1.807) is 6.07 Å². The third-order valence-corrected chi connectivity index (χ3v) is 4.17. The molecule has 0 aliphatic carbocycles. The second-order valence-corrected chi connectivity index (χ2v) is 6.09. The summed E-state index contributed by atoms with van der Waals surface area (Å²) in [5, 5.41) is 4.36. The summed E-state index contributed by atoms with van der Waals surface area (Å²) < 4.78 is 0. The van der Waals surface area contributed by atoms with Gasteiger partial charge in [0.2, 0.25) is 0 Å². The van der Waals surface area contributed by atoms with Crippen molar-refractivity contribution in [1.29, 1.82) is 0 Å². The number of halogens is 2. The number of aromatic nitrogens is 1. The fourth-order valence-electron chi connectivity index (χ4n) is 2.42. The van der Waals surface area contributed by atoms with Crippen molar-refractivity contribution in [2.75, 3.05) is 42.9 Å². The lowest BCUT2D eigenvalue weighted by Crippen LogP contribution is -2.49. The molecule has 0 unspecified atom stereocenters. The van der Waals surface area contributed by atoms with Gasteiger partial charge in [-0.2, -0.15) is 0 Å². The highest BCUT2D eigenvalue weighted by molar-refractivity contribution is 6.37. The number of piperazine rings is 1. The van der Waals surface area contributed by atoms with Crippen LogP contribution in [-0.4, -0.2) is 48.6 Å². The van der Waals surface area contributed by atoms with E-state index in [9.17, 15) is 0 Å². The Bertz CT molecular complexity index is 457. The minimum absolute atomic E-state index is 0.571. The topological polar surface area (TPSA) is 31.4 Å². The number of pyridine rings is 1. The first kappa shape index (κ1) is 15.7. The van der Waals surface area contributed by atoms with Gasteiger partial charge in [-0.1, -0.05) is 23.2 Å². The molecule has 4 nitrogen and oxygen atoms in total. The summed E-state index contributed by atoms with van der Waals surface area (Å²) in [4.78, 5) is 9.29. The van der Waals surface area contributed by atoms with Crippen molar-refractivity contribution in [3.8, 4) is 0 Å². The predicted molar refractivity (Wildman–Crippen MR) is 87.3 cm³/mol. The molecule has 112 valence electrons. The minimum Gasteiger partial charge on any atom is -0.369 e. The number of hydrogen-bond acceptors (Lipinski definition) is 4. The molecule has 0 radical (unpaired) electrons. The lowest BCUT2D eigenvalue weighted by molar-refractivity contribution is 0.209. The summed E-state index contributed by atoms with van der Waals surface area (Å²) in [5.41, 5.74) is 0. The Morgan fingerprint density at radius 3 is 2.40 bits per heavy atom. The molecule has 20 heavy (non-hydrogen) atoms. The summed E-state index contributed by atoms with van der Waals surface area (Å²) in [6.07, 6.45) is 0. The van der Waals surface area contributed by atoms with Gasteiger partial charge in [0.1, 0.15) is 11.6 Å². The maximum atomic E-state index is 6.30. The first-order valence-corrected chi connectivity index (χ1v) is 7.87. The fourth-order valence-corrected chi connectivity index (χ4v) is 2.97. The second-order valence-electron chi connectivity index (χ2n) is 5.27. The average Bonchev–Trinajstić information content (AvgIpc) is 2.42. The van der Waals surface area contributed by atoms with Crippen LogP contribution in [0.4, 0.5) is 11.6 Å². The summed E-state index contributed by atoms with van der Waals surface area (Å²) in [5.74, 6) is 1.54. The Balaban J connectivity index is 2.15. The van der Waals surface area contributed by atoms with Gasteiger partial charge in [-0.05, 0) is 26.8 Å². The highest BCUT2D eigenvalue weighted by Crippen LogP contribution is 2.32. The van der Waals surface area contributed by atoms with Gasteiger partial charge in [-0.15, -0.1) is 0 Å². The van der Waals surface area contributed by atoms with E-state index < -0.39 is 0 Å². The number of hydrogen-bond donors (Lipinski definition) is 1. The molecule has 1 saturated heterocycles. The second kappa shape index (κ2) is 6.83. The number of nitrogens with one attached hydrogen (secondary N) is 1. The number of anilines is 2. The molecule has 0 aromatic carbocycles. The molecule has 2 rings (SSSR count). The summed E-state index contributed by atoms with van der Waals surface area (Å²) in [6.45, 7) is 11.2. The van der Waals surface area contributed by atoms with Crippen molar-refractivity contribution in [3.63, 3.8) is 0 Å². The largest absolute Gasteiger partial charge is 0.369 e. The molecule has 0 saturated carbocycles. The van der Waals surface area contributed by atoms with Crippen LogP contribution in [0.1, 0.15) is 20.8 Å². The van der Waals surface area contributed by atoms with Crippen LogP contribution in [0.25, 0.3) is 0 Å². The van der Waals surface area contributed by atoms with Crippen molar-refractivity contribution >= 4 is 34.8 Å². The van der Waals surface area contributed by atoms with Gasteiger partial charge in [0.15, 0.2) is 0 Å². The zero-order chi connectivity index (χ0) is 14.7. The Morgan fingerprint density at radius 2 is 1.85 bits per heavy atom. The third kappa shape index (κ3) is 3.48. The summed E-state index contributed by atoms with van der Waals surface area (Å²) in [7, 11) is 0. The smallest absolute Gasteiger partial charge is 0.150 e. The molecule has 1 fully saturated rings. The normalized spacial score (nSPS) is 16.8. The van der Waals surface area contributed by atoms with E-state index in [1.165, 1.54) is 0 Å². The molecular weight excluding hydrogens is 295 g/mol. The van der Waals surface area contributed by atoms with Crippen molar-refractivity contribution in [1.82, 2.24) is 9.88 Å². The SMILES string of the molecule is CCNc1nc(N2CCN(C(C)C)CC2)c(Cl)cc1Cl. The van der Waals surface area contributed by atoms with E-state index in [2.05, 4.69) is 33.9 Å². The van der Waals surface area contributed by atoms with E-state index in [0.717, 1.165) is 38.5 Å². The van der Waals surface area contributed by atoms with Crippen LogP contribution in [-0.2, 0) is 0 Å². The predicted octanol–water partition coefficient (Wildman–Crippen LogP) is 3.35. The highest BCUT2D eigenvalue weighted by atomic mass is 35.5. The Kier molecular flexibility index (Phi) is 5.35. The maximum absolute atomic E-state index is 6.30. The molecule has 1 aromatic rings. The maximum Gasteiger partial charge on any atom is 0.150 e. The van der Waals surface area contributed by atoms with E-state index >= 15 is 0 Å². The molecule has 1 aliphatic heterocycles. The van der Waals surface area contributed by atoms with Crippen molar-refractivity contribution in [3.05, 3.63) is 16.1 Å². The Hall–Kier alpha value is -0.710. The van der Waals surface area contributed by atoms with Gasteiger partial charge in [0.05, 0.1) is 10.0 Å². The molecule has 2 heterocycles. The quantitative estimate of drug-likeness (QED) is 0.923. The van der Waals surface area contributed by atoms with E-state index in [4.69, 9.17) is 23.2 Å². The number of rotatable bonds is 4. The molecule has 0 bridgehead atoms. The lowest BCUT2D eigenvalue weighted by atomic mass is 10.2. The highest BCUT2D eigenvalue weighted by Gasteiger charge is 2.22. The molecule has 6 heteroatoms. The monoisotopic (exact) mass is 316 g/mol. The molecule has 0 spiro atoms. The average molecular weight is 317 g/mol. The van der Waals surface area contributed by atoms with Crippen molar-refractivity contribution < 1.29 is 0 Å². The lowest BCUT2D eigenvalue weighted by Gasteiger charge is -2.37.